The molecule has 0 aliphatic carbocycles. The second-order valence-electron chi connectivity index (χ2n) is 4.77. The van der Waals surface area contributed by atoms with Crippen molar-refractivity contribution in [2.75, 3.05) is 13.2 Å². The summed E-state index contributed by atoms with van der Waals surface area (Å²) in [6.45, 7) is 4.65. The lowest BCUT2D eigenvalue weighted by atomic mass is 10.3. The van der Waals surface area contributed by atoms with Gasteiger partial charge in [0.05, 0.1) is 16.9 Å². The molecule has 0 saturated heterocycles. The monoisotopic (exact) mass is 314 g/mol. The topological polar surface area (TPSA) is 27.1 Å². The summed E-state index contributed by atoms with van der Waals surface area (Å²) in [6.07, 6.45) is 3.25. The predicted molar refractivity (Wildman–Crippen MR) is 84.6 cm³/mol. The maximum Gasteiger partial charge on any atom is 0.124 e. The molecule has 3 nitrogen and oxygen atoms in total. The maximum atomic E-state index is 6.00. The van der Waals surface area contributed by atoms with Gasteiger partial charge in [0, 0.05) is 24.8 Å². The minimum Gasteiger partial charge on any atom is -0.381 e. The fourth-order valence-corrected chi connectivity index (χ4v) is 2.55. The zero-order valence-electron chi connectivity index (χ0n) is 11.7. The normalized spacial score (nSPS) is 11.3. The molecule has 2 aromatic rings. The van der Waals surface area contributed by atoms with Gasteiger partial charge in [0.1, 0.15) is 5.82 Å². The quantitative estimate of drug-likeness (QED) is 0.524. The van der Waals surface area contributed by atoms with Gasteiger partial charge in [-0.2, -0.15) is 0 Å². The Morgan fingerprint density at radius 1 is 1.25 bits per heavy atom. The van der Waals surface area contributed by atoms with Gasteiger partial charge in [-0.3, -0.25) is 0 Å². The highest BCUT2D eigenvalue weighted by Crippen LogP contribution is 2.21. The zero-order valence-corrected chi connectivity index (χ0v) is 13.3. The van der Waals surface area contributed by atoms with Crippen molar-refractivity contribution < 1.29 is 4.74 Å². The summed E-state index contributed by atoms with van der Waals surface area (Å²) < 4.78 is 7.74. The minimum absolute atomic E-state index is 0.406. The van der Waals surface area contributed by atoms with Gasteiger partial charge in [-0.25, -0.2) is 4.98 Å². The first-order valence-electron chi connectivity index (χ1n) is 7.04. The Kier molecular flexibility index (Phi) is 6.14. The number of hydrogen-bond donors (Lipinski definition) is 0. The van der Waals surface area contributed by atoms with Crippen LogP contribution in [-0.2, 0) is 17.2 Å². The third-order valence-corrected chi connectivity index (χ3v) is 3.70. The molecule has 0 radical (unpaired) electrons. The van der Waals surface area contributed by atoms with Crippen LogP contribution in [-0.4, -0.2) is 22.8 Å². The van der Waals surface area contributed by atoms with E-state index in [2.05, 4.69) is 16.5 Å². The largest absolute Gasteiger partial charge is 0.381 e. The number of halogens is 2. The molecular weight excluding hydrogens is 295 g/mol. The van der Waals surface area contributed by atoms with Crippen LogP contribution in [0.15, 0.2) is 18.2 Å². The van der Waals surface area contributed by atoms with Gasteiger partial charge in [0.2, 0.25) is 0 Å². The summed E-state index contributed by atoms with van der Waals surface area (Å²) in [4.78, 5) is 4.53. The number of imidazole rings is 1. The molecule has 0 unspecified atom stereocenters. The molecule has 0 amide bonds. The maximum absolute atomic E-state index is 6.00. The minimum atomic E-state index is 0.406. The van der Waals surface area contributed by atoms with E-state index in [0.717, 1.165) is 49.5 Å². The van der Waals surface area contributed by atoms with Crippen LogP contribution in [0.3, 0.4) is 0 Å². The van der Waals surface area contributed by atoms with Gasteiger partial charge >= 0.3 is 0 Å². The molecule has 20 heavy (non-hydrogen) atoms. The van der Waals surface area contributed by atoms with E-state index in [0.29, 0.717) is 10.9 Å². The highest BCUT2D eigenvalue weighted by molar-refractivity contribution is 6.31. The number of hydrogen-bond acceptors (Lipinski definition) is 2. The average molecular weight is 315 g/mol. The Morgan fingerprint density at radius 2 is 2.05 bits per heavy atom. The SMILES string of the molecule is CCCCOCCCn1c(CCl)nc2cc(Cl)ccc21. The molecular formula is C15H20Cl2N2O. The van der Waals surface area contributed by atoms with Gasteiger partial charge in [-0.05, 0) is 31.0 Å². The lowest BCUT2D eigenvalue weighted by molar-refractivity contribution is 0.126. The van der Waals surface area contributed by atoms with E-state index in [-0.39, 0.29) is 0 Å². The number of aromatic nitrogens is 2. The Balaban J connectivity index is 2.01. The van der Waals surface area contributed by atoms with Crippen molar-refractivity contribution in [3.8, 4) is 0 Å². The molecule has 1 heterocycles. The molecule has 0 aliphatic rings. The van der Waals surface area contributed by atoms with Crippen LogP contribution < -0.4 is 0 Å². The Hall–Kier alpha value is -0.770. The van der Waals surface area contributed by atoms with E-state index >= 15 is 0 Å². The summed E-state index contributed by atoms with van der Waals surface area (Å²) in [7, 11) is 0. The molecule has 5 heteroatoms. The highest BCUT2D eigenvalue weighted by atomic mass is 35.5. The second kappa shape index (κ2) is 7.87. The van der Waals surface area contributed by atoms with Crippen molar-refractivity contribution in [3.05, 3.63) is 29.0 Å². The number of fused-ring (bicyclic) bond motifs is 1. The third-order valence-electron chi connectivity index (χ3n) is 3.22. The van der Waals surface area contributed by atoms with Gasteiger partial charge < -0.3 is 9.30 Å². The van der Waals surface area contributed by atoms with E-state index in [9.17, 15) is 0 Å². The average Bonchev–Trinajstić information content (AvgIpc) is 2.79. The summed E-state index contributed by atoms with van der Waals surface area (Å²) in [5, 5.41) is 0.700. The Labute approximate surface area is 129 Å². The molecule has 2 rings (SSSR count). The smallest absolute Gasteiger partial charge is 0.124 e. The van der Waals surface area contributed by atoms with Crippen molar-refractivity contribution in [2.24, 2.45) is 0 Å². The van der Waals surface area contributed by atoms with Gasteiger partial charge in [0.15, 0.2) is 0 Å². The predicted octanol–water partition coefficient (Wildman–Crippen LogP) is 4.64. The first-order valence-corrected chi connectivity index (χ1v) is 7.96. The van der Waals surface area contributed by atoms with E-state index in [1.54, 1.807) is 0 Å². The number of ether oxygens (including phenoxy) is 1. The number of unbranched alkanes of at least 4 members (excludes halogenated alkanes) is 1. The van der Waals surface area contributed by atoms with Gasteiger partial charge in [-0.15, -0.1) is 11.6 Å². The number of nitrogens with zero attached hydrogens (tertiary/aromatic N) is 2. The standard InChI is InChI=1S/C15H20Cl2N2O/c1-2-3-8-20-9-4-7-19-14-6-5-12(17)10-13(14)18-15(19)11-16/h5-6,10H,2-4,7-9,11H2,1H3. The van der Waals surface area contributed by atoms with Crippen LogP contribution in [0.4, 0.5) is 0 Å². The van der Waals surface area contributed by atoms with Crippen molar-refractivity contribution >= 4 is 34.2 Å². The second-order valence-corrected chi connectivity index (χ2v) is 5.47. The van der Waals surface area contributed by atoms with Crippen LogP contribution in [0.5, 0.6) is 0 Å². The van der Waals surface area contributed by atoms with Gasteiger partial charge in [0.25, 0.3) is 0 Å². The van der Waals surface area contributed by atoms with Crippen molar-refractivity contribution in [1.82, 2.24) is 9.55 Å². The molecule has 0 fully saturated rings. The number of aryl methyl sites for hydroxylation is 1. The summed E-state index contributed by atoms with van der Waals surface area (Å²) in [5.74, 6) is 1.29. The van der Waals surface area contributed by atoms with E-state index in [1.807, 2.05) is 18.2 Å². The zero-order chi connectivity index (χ0) is 14.4. The molecule has 1 aromatic heterocycles. The van der Waals surface area contributed by atoms with E-state index in [1.165, 1.54) is 6.42 Å². The Morgan fingerprint density at radius 3 is 2.80 bits per heavy atom. The summed E-state index contributed by atoms with van der Waals surface area (Å²) in [6, 6.07) is 5.76. The highest BCUT2D eigenvalue weighted by Gasteiger charge is 2.09. The first-order chi connectivity index (χ1) is 9.76. The van der Waals surface area contributed by atoms with Crippen LogP contribution in [0.1, 0.15) is 32.0 Å². The molecule has 110 valence electrons. The number of alkyl halides is 1. The fraction of sp³-hybridized carbons (Fsp3) is 0.533. The lowest BCUT2D eigenvalue weighted by Crippen LogP contribution is -2.06. The molecule has 0 aliphatic heterocycles. The van der Waals surface area contributed by atoms with Gasteiger partial charge in [-0.1, -0.05) is 24.9 Å². The van der Waals surface area contributed by atoms with Crippen LogP contribution in [0.2, 0.25) is 5.02 Å². The first kappa shape index (κ1) is 15.6. The number of rotatable bonds is 8. The number of benzene rings is 1. The third kappa shape index (κ3) is 3.87. The van der Waals surface area contributed by atoms with E-state index < -0.39 is 0 Å². The van der Waals surface area contributed by atoms with Crippen molar-refractivity contribution in [1.29, 1.82) is 0 Å². The summed E-state index contributed by atoms with van der Waals surface area (Å²) >= 11 is 12.0. The van der Waals surface area contributed by atoms with E-state index in [4.69, 9.17) is 27.9 Å². The fourth-order valence-electron chi connectivity index (χ4n) is 2.18. The molecule has 0 bridgehead atoms. The summed E-state index contributed by atoms with van der Waals surface area (Å²) in [5.41, 5.74) is 1.98. The van der Waals surface area contributed by atoms with Crippen molar-refractivity contribution in [2.45, 2.75) is 38.6 Å². The Bertz CT molecular complexity index is 554. The molecule has 0 spiro atoms. The molecule has 0 saturated carbocycles. The molecule has 1 aromatic carbocycles. The van der Waals surface area contributed by atoms with Crippen molar-refractivity contribution in [3.63, 3.8) is 0 Å². The van der Waals surface area contributed by atoms with Crippen LogP contribution in [0.25, 0.3) is 11.0 Å². The van der Waals surface area contributed by atoms with Crippen LogP contribution in [0, 0.1) is 0 Å². The molecule has 0 N–H and O–H groups in total. The van der Waals surface area contributed by atoms with Crippen LogP contribution >= 0.6 is 23.2 Å². The molecule has 0 atom stereocenters. The lowest BCUT2D eigenvalue weighted by Gasteiger charge is -2.08.